The van der Waals surface area contributed by atoms with Gasteiger partial charge in [-0.05, 0) is 53.1 Å². The maximum absolute atomic E-state index is 12.9. The van der Waals surface area contributed by atoms with Gasteiger partial charge in [-0.3, -0.25) is 9.59 Å². The first kappa shape index (κ1) is 23.8. The largest absolute Gasteiger partial charge is 0.369 e. The molecule has 34 heavy (non-hydrogen) atoms. The molecular formula is C26H31N5O3. The van der Waals surface area contributed by atoms with Crippen LogP contribution in [0.3, 0.4) is 0 Å². The predicted molar refractivity (Wildman–Crippen MR) is 130 cm³/mol. The monoisotopic (exact) mass is 461 g/mol. The standard InChI is InChI=1S/C26H31N5O3/c1-2-3-4-5-6-7-8-9-18-10-12-19(13-11-18)26(33)27-22-15-14-20(25-28-30-31-29-25)24-21(22)16-34-17-23(24)32/h10-15H,2-9,16-17H2,1H3,(H,27,33)(H,28,29,30,31). The van der Waals surface area contributed by atoms with E-state index in [-0.39, 0.29) is 24.9 Å². The SMILES string of the molecule is CCCCCCCCCc1ccc(C(=O)Nc2ccc(-c3nnn[nH]3)c3c2COCC3=O)cc1. The second kappa shape index (κ2) is 11.7. The number of H-pyrrole nitrogens is 1. The molecule has 1 aromatic heterocycles. The molecule has 0 aliphatic carbocycles. The van der Waals surface area contributed by atoms with E-state index in [9.17, 15) is 9.59 Å². The van der Waals surface area contributed by atoms with Gasteiger partial charge in [0.15, 0.2) is 11.6 Å². The minimum atomic E-state index is -0.225. The van der Waals surface area contributed by atoms with Crippen molar-refractivity contribution in [2.45, 2.75) is 64.9 Å². The van der Waals surface area contributed by atoms with E-state index in [4.69, 9.17) is 4.74 Å². The lowest BCUT2D eigenvalue weighted by molar-refractivity contribution is 0.0667. The van der Waals surface area contributed by atoms with Crippen LogP contribution in [0, 0.1) is 0 Å². The maximum atomic E-state index is 12.9. The van der Waals surface area contributed by atoms with E-state index < -0.39 is 0 Å². The number of hydrogen-bond donors (Lipinski definition) is 2. The van der Waals surface area contributed by atoms with Crippen molar-refractivity contribution in [1.82, 2.24) is 20.6 Å². The number of anilines is 1. The minimum Gasteiger partial charge on any atom is -0.369 e. The van der Waals surface area contributed by atoms with Crippen molar-refractivity contribution in [3.05, 3.63) is 58.7 Å². The first-order valence-corrected chi connectivity index (χ1v) is 12.1. The number of fused-ring (bicyclic) bond motifs is 1. The molecule has 0 saturated carbocycles. The summed E-state index contributed by atoms with van der Waals surface area (Å²) in [6.45, 7) is 2.45. The van der Waals surface area contributed by atoms with Crippen LogP contribution >= 0.6 is 0 Å². The number of nitrogens with one attached hydrogen (secondary N) is 2. The molecule has 1 aliphatic heterocycles. The van der Waals surface area contributed by atoms with E-state index in [0.717, 1.165) is 6.42 Å². The Morgan fingerprint density at radius 1 is 1.00 bits per heavy atom. The zero-order valence-corrected chi connectivity index (χ0v) is 19.6. The van der Waals surface area contributed by atoms with Crippen LogP contribution in [-0.4, -0.2) is 38.9 Å². The summed E-state index contributed by atoms with van der Waals surface area (Å²) in [5.74, 6) is 0.0103. The number of nitrogens with zero attached hydrogens (tertiary/aromatic N) is 3. The highest BCUT2D eigenvalue weighted by atomic mass is 16.5. The van der Waals surface area contributed by atoms with Crippen LogP contribution in [0.2, 0.25) is 0 Å². The van der Waals surface area contributed by atoms with E-state index >= 15 is 0 Å². The number of tetrazole rings is 1. The summed E-state index contributed by atoms with van der Waals surface area (Å²) in [6.07, 6.45) is 10.0. The maximum Gasteiger partial charge on any atom is 0.255 e. The molecule has 0 unspecified atom stereocenters. The fraction of sp³-hybridized carbons (Fsp3) is 0.423. The summed E-state index contributed by atoms with van der Waals surface area (Å²) in [5, 5.41) is 16.7. The van der Waals surface area contributed by atoms with Gasteiger partial charge in [-0.15, -0.1) is 5.10 Å². The van der Waals surface area contributed by atoms with E-state index in [2.05, 4.69) is 32.9 Å². The number of Topliss-reactive ketones (excluding diaryl/α,β-unsaturated/α-hetero) is 1. The zero-order valence-electron chi connectivity index (χ0n) is 19.6. The van der Waals surface area contributed by atoms with Crippen molar-refractivity contribution in [1.29, 1.82) is 0 Å². The molecule has 2 heterocycles. The number of aromatic amines is 1. The molecular weight excluding hydrogens is 430 g/mol. The molecule has 0 saturated heterocycles. The highest BCUT2D eigenvalue weighted by molar-refractivity contribution is 6.09. The number of ketones is 1. The Hall–Kier alpha value is -3.39. The van der Waals surface area contributed by atoms with Crippen LogP contribution in [-0.2, 0) is 17.8 Å². The molecule has 1 aliphatic rings. The fourth-order valence-corrected chi connectivity index (χ4v) is 4.33. The lowest BCUT2D eigenvalue weighted by Crippen LogP contribution is -2.22. The van der Waals surface area contributed by atoms with Gasteiger partial charge in [0.25, 0.3) is 5.91 Å². The summed E-state index contributed by atoms with van der Waals surface area (Å²) < 4.78 is 5.44. The van der Waals surface area contributed by atoms with Crippen LogP contribution in [0.25, 0.3) is 11.4 Å². The van der Waals surface area contributed by atoms with Gasteiger partial charge >= 0.3 is 0 Å². The molecule has 8 heteroatoms. The molecule has 2 aromatic carbocycles. The summed E-state index contributed by atoms with van der Waals surface area (Å²) in [6, 6.07) is 11.3. The predicted octanol–water partition coefficient (Wildman–Crippen LogP) is 5.13. The Bertz CT molecular complexity index is 1110. The summed E-state index contributed by atoms with van der Waals surface area (Å²) >= 11 is 0. The van der Waals surface area contributed by atoms with Crippen molar-refractivity contribution in [3.63, 3.8) is 0 Å². The van der Waals surface area contributed by atoms with Crippen LogP contribution in [0.5, 0.6) is 0 Å². The second-order valence-electron chi connectivity index (χ2n) is 8.70. The molecule has 0 bridgehead atoms. The number of hydrogen-bond acceptors (Lipinski definition) is 6. The lowest BCUT2D eigenvalue weighted by Gasteiger charge is -2.21. The number of carbonyl (C=O) groups excluding carboxylic acids is 2. The van der Waals surface area contributed by atoms with Crippen molar-refractivity contribution >= 4 is 17.4 Å². The number of ether oxygens (including phenoxy) is 1. The van der Waals surface area contributed by atoms with Crippen LogP contribution in [0.4, 0.5) is 5.69 Å². The number of carbonyl (C=O) groups is 2. The Labute approximate surface area is 199 Å². The minimum absolute atomic E-state index is 0.0147. The quantitative estimate of drug-likeness (QED) is 0.383. The highest BCUT2D eigenvalue weighted by Crippen LogP contribution is 2.32. The van der Waals surface area contributed by atoms with Gasteiger partial charge < -0.3 is 10.1 Å². The Balaban J connectivity index is 1.39. The molecule has 0 atom stereocenters. The molecule has 0 radical (unpaired) electrons. The van der Waals surface area contributed by atoms with Gasteiger partial charge in [0, 0.05) is 27.9 Å². The Kier molecular flexibility index (Phi) is 8.14. The summed E-state index contributed by atoms with van der Waals surface area (Å²) in [4.78, 5) is 25.5. The lowest BCUT2D eigenvalue weighted by atomic mass is 9.94. The number of amides is 1. The molecule has 3 aromatic rings. The van der Waals surface area contributed by atoms with Crippen LogP contribution < -0.4 is 5.32 Å². The Morgan fingerprint density at radius 3 is 2.50 bits per heavy atom. The number of aromatic nitrogens is 4. The number of benzene rings is 2. The zero-order chi connectivity index (χ0) is 23.8. The summed E-state index contributed by atoms with van der Waals surface area (Å²) in [5.41, 5.74) is 4.08. The van der Waals surface area contributed by atoms with Crippen molar-refractivity contribution < 1.29 is 14.3 Å². The highest BCUT2D eigenvalue weighted by Gasteiger charge is 2.26. The summed E-state index contributed by atoms with van der Waals surface area (Å²) in [7, 11) is 0. The van der Waals surface area contributed by atoms with Gasteiger partial charge in [0.05, 0.1) is 6.61 Å². The smallest absolute Gasteiger partial charge is 0.255 e. The van der Waals surface area contributed by atoms with E-state index in [1.54, 1.807) is 12.1 Å². The Morgan fingerprint density at radius 2 is 1.76 bits per heavy atom. The fourth-order valence-electron chi connectivity index (χ4n) is 4.33. The van der Waals surface area contributed by atoms with Crippen molar-refractivity contribution in [2.24, 2.45) is 0 Å². The van der Waals surface area contributed by atoms with Gasteiger partial charge in [-0.2, -0.15) is 0 Å². The third-order valence-electron chi connectivity index (χ3n) is 6.21. The normalized spacial score (nSPS) is 13.0. The van der Waals surface area contributed by atoms with Gasteiger partial charge in [0.2, 0.25) is 0 Å². The average molecular weight is 462 g/mol. The van der Waals surface area contributed by atoms with E-state index in [0.29, 0.717) is 33.8 Å². The van der Waals surface area contributed by atoms with Gasteiger partial charge in [0.1, 0.15) is 6.61 Å². The topological polar surface area (TPSA) is 110 Å². The molecule has 4 rings (SSSR count). The van der Waals surface area contributed by atoms with Crippen molar-refractivity contribution in [3.8, 4) is 11.4 Å². The third-order valence-corrected chi connectivity index (χ3v) is 6.21. The van der Waals surface area contributed by atoms with E-state index in [1.807, 2.05) is 24.3 Å². The molecule has 178 valence electrons. The van der Waals surface area contributed by atoms with Crippen LogP contribution in [0.15, 0.2) is 36.4 Å². The molecule has 0 spiro atoms. The van der Waals surface area contributed by atoms with E-state index in [1.165, 1.54) is 50.5 Å². The number of unbranched alkanes of at least 4 members (excludes halogenated alkanes) is 6. The molecule has 2 N–H and O–H groups in total. The number of aryl methyl sites for hydroxylation is 1. The molecule has 0 fully saturated rings. The first-order chi connectivity index (χ1) is 16.7. The molecule has 1 amide bonds. The third kappa shape index (κ3) is 5.75. The van der Waals surface area contributed by atoms with Crippen LogP contribution in [0.1, 0.15) is 83.7 Å². The van der Waals surface area contributed by atoms with Gasteiger partial charge in [-0.1, -0.05) is 57.6 Å². The van der Waals surface area contributed by atoms with Crippen molar-refractivity contribution in [2.75, 3.05) is 11.9 Å². The average Bonchev–Trinajstić information content (AvgIpc) is 3.39. The second-order valence-corrected chi connectivity index (χ2v) is 8.70. The number of rotatable bonds is 11. The van der Waals surface area contributed by atoms with Gasteiger partial charge in [-0.25, -0.2) is 5.10 Å². The molecule has 8 nitrogen and oxygen atoms in total. The first-order valence-electron chi connectivity index (χ1n) is 12.1.